The zero-order valence-electron chi connectivity index (χ0n) is 19.2. The monoisotopic (exact) mass is 415 g/mol. The predicted octanol–water partition coefficient (Wildman–Crippen LogP) is 3.20. The van der Waals surface area contributed by atoms with E-state index < -0.39 is 0 Å². The summed E-state index contributed by atoms with van der Waals surface area (Å²) < 4.78 is 5.53. The van der Waals surface area contributed by atoms with Crippen LogP contribution in [0.25, 0.3) is 0 Å². The van der Waals surface area contributed by atoms with E-state index in [-0.39, 0.29) is 0 Å². The number of ether oxygens (including phenoxy) is 1. The molecule has 0 aromatic heterocycles. The van der Waals surface area contributed by atoms with Gasteiger partial charge in [0, 0.05) is 32.7 Å². The highest BCUT2D eigenvalue weighted by molar-refractivity contribution is 5.79. The Morgan fingerprint density at radius 2 is 1.93 bits per heavy atom. The summed E-state index contributed by atoms with van der Waals surface area (Å²) >= 11 is 0. The fourth-order valence-electron chi connectivity index (χ4n) is 4.45. The van der Waals surface area contributed by atoms with Crippen molar-refractivity contribution in [2.24, 2.45) is 16.8 Å². The van der Waals surface area contributed by atoms with Crippen LogP contribution in [-0.4, -0.2) is 70.3 Å². The molecule has 0 radical (unpaired) electrons. The average molecular weight is 416 g/mol. The molecule has 2 saturated heterocycles. The molecule has 2 aliphatic rings. The third-order valence-corrected chi connectivity index (χ3v) is 6.38. The molecule has 1 aromatic rings. The van der Waals surface area contributed by atoms with Gasteiger partial charge in [0.05, 0.1) is 12.8 Å². The van der Waals surface area contributed by atoms with Crippen LogP contribution >= 0.6 is 0 Å². The van der Waals surface area contributed by atoms with Gasteiger partial charge in [0.2, 0.25) is 0 Å². The Morgan fingerprint density at radius 1 is 1.13 bits per heavy atom. The van der Waals surface area contributed by atoms with Crippen LogP contribution in [0.5, 0.6) is 5.75 Å². The number of methoxy groups -OCH3 is 1. The number of guanidine groups is 1. The summed E-state index contributed by atoms with van der Waals surface area (Å²) in [5, 5.41) is 6.94. The molecule has 1 aromatic carbocycles. The molecule has 0 aliphatic carbocycles. The summed E-state index contributed by atoms with van der Waals surface area (Å²) in [5.74, 6) is 3.40. The van der Waals surface area contributed by atoms with Gasteiger partial charge in [-0.1, -0.05) is 19.1 Å². The lowest BCUT2D eigenvalue weighted by Crippen LogP contribution is -2.40. The number of anilines is 1. The van der Waals surface area contributed by atoms with E-state index in [0.717, 1.165) is 50.4 Å². The molecule has 1 unspecified atom stereocenters. The van der Waals surface area contributed by atoms with Crippen LogP contribution in [-0.2, 0) is 0 Å². The summed E-state index contributed by atoms with van der Waals surface area (Å²) in [6.07, 6.45) is 5.05. The quantitative estimate of drug-likeness (QED) is 0.369. The van der Waals surface area contributed by atoms with Gasteiger partial charge in [-0.3, -0.25) is 4.99 Å². The molecule has 2 N–H and O–H groups in total. The molecule has 0 saturated carbocycles. The van der Waals surface area contributed by atoms with Crippen molar-refractivity contribution in [3.8, 4) is 5.75 Å². The van der Waals surface area contributed by atoms with Crippen molar-refractivity contribution in [1.29, 1.82) is 0 Å². The number of likely N-dealkylation sites (tertiary alicyclic amines) is 1. The van der Waals surface area contributed by atoms with Crippen LogP contribution in [0.3, 0.4) is 0 Å². The number of para-hydroxylation sites is 2. The Bertz CT molecular complexity index is 657. The van der Waals surface area contributed by atoms with Crippen LogP contribution in [0.15, 0.2) is 29.3 Å². The van der Waals surface area contributed by atoms with Crippen molar-refractivity contribution in [3.05, 3.63) is 24.3 Å². The number of hydrogen-bond acceptors (Lipinski definition) is 4. The van der Waals surface area contributed by atoms with Gasteiger partial charge in [-0.05, 0) is 76.2 Å². The maximum absolute atomic E-state index is 5.53. The van der Waals surface area contributed by atoms with Crippen LogP contribution in [0.1, 0.15) is 39.5 Å². The van der Waals surface area contributed by atoms with Gasteiger partial charge in [0.15, 0.2) is 5.96 Å². The number of rotatable bonds is 9. The summed E-state index contributed by atoms with van der Waals surface area (Å²) in [7, 11) is 1.75. The summed E-state index contributed by atoms with van der Waals surface area (Å²) in [6, 6.07) is 8.30. The SMILES string of the molecule is CCNC(=NCC1CCN(c2ccccc2OC)C1)NCCCN1CCC(C)CC1. The maximum atomic E-state index is 5.53. The first kappa shape index (κ1) is 22.7. The van der Waals surface area contributed by atoms with Gasteiger partial charge in [0.25, 0.3) is 0 Å². The largest absolute Gasteiger partial charge is 0.495 e. The third-order valence-electron chi connectivity index (χ3n) is 6.38. The van der Waals surface area contributed by atoms with Gasteiger partial charge in [-0.15, -0.1) is 0 Å². The van der Waals surface area contributed by atoms with E-state index in [9.17, 15) is 0 Å². The molecule has 6 nitrogen and oxygen atoms in total. The zero-order valence-corrected chi connectivity index (χ0v) is 19.2. The lowest BCUT2D eigenvalue weighted by atomic mass is 9.99. The van der Waals surface area contributed by atoms with Gasteiger partial charge in [-0.25, -0.2) is 0 Å². The smallest absolute Gasteiger partial charge is 0.191 e. The summed E-state index contributed by atoms with van der Waals surface area (Å²) in [4.78, 5) is 9.92. The lowest BCUT2D eigenvalue weighted by Gasteiger charge is -2.30. The van der Waals surface area contributed by atoms with E-state index in [1.165, 1.54) is 51.0 Å². The zero-order chi connectivity index (χ0) is 21.2. The summed E-state index contributed by atoms with van der Waals surface area (Å²) in [6.45, 7) is 13.1. The second kappa shape index (κ2) is 12.0. The van der Waals surface area contributed by atoms with Crippen molar-refractivity contribution < 1.29 is 4.74 Å². The van der Waals surface area contributed by atoms with Crippen molar-refractivity contribution in [1.82, 2.24) is 15.5 Å². The number of piperidine rings is 1. The summed E-state index contributed by atoms with van der Waals surface area (Å²) in [5.41, 5.74) is 1.20. The number of aliphatic imine (C=N–C) groups is 1. The molecule has 0 bridgehead atoms. The van der Waals surface area contributed by atoms with Gasteiger partial charge < -0.3 is 25.2 Å². The Labute approximate surface area is 183 Å². The van der Waals surface area contributed by atoms with E-state index in [0.29, 0.717) is 5.92 Å². The molecular weight excluding hydrogens is 374 g/mol. The maximum Gasteiger partial charge on any atom is 0.191 e. The van der Waals surface area contributed by atoms with Crippen molar-refractivity contribution in [2.75, 3.05) is 64.4 Å². The highest BCUT2D eigenvalue weighted by Crippen LogP contribution is 2.31. The van der Waals surface area contributed by atoms with Crippen LogP contribution in [0, 0.1) is 11.8 Å². The van der Waals surface area contributed by atoms with Crippen LogP contribution in [0.4, 0.5) is 5.69 Å². The van der Waals surface area contributed by atoms with E-state index in [1.54, 1.807) is 7.11 Å². The van der Waals surface area contributed by atoms with Gasteiger partial charge in [-0.2, -0.15) is 0 Å². The van der Waals surface area contributed by atoms with E-state index >= 15 is 0 Å². The average Bonchev–Trinajstić information content (AvgIpc) is 3.25. The predicted molar refractivity (Wildman–Crippen MR) is 127 cm³/mol. The van der Waals surface area contributed by atoms with Crippen molar-refractivity contribution in [3.63, 3.8) is 0 Å². The molecule has 3 rings (SSSR count). The molecular formula is C24H41N5O. The highest BCUT2D eigenvalue weighted by Gasteiger charge is 2.24. The Morgan fingerprint density at radius 3 is 2.70 bits per heavy atom. The van der Waals surface area contributed by atoms with E-state index in [2.05, 4.69) is 46.4 Å². The fraction of sp³-hybridized carbons (Fsp3) is 0.708. The molecule has 1 atom stereocenters. The van der Waals surface area contributed by atoms with Gasteiger partial charge >= 0.3 is 0 Å². The molecule has 168 valence electrons. The number of hydrogen-bond donors (Lipinski definition) is 2. The minimum Gasteiger partial charge on any atom is -0.495 e. The van der Waals surface area contributed by atoms with Crippen LogP contribution < -0.4 is 20.3 Å². The first-order chi connectivity index (χ1) is 14.7. The Hall–Kier alpha value is -1.95. The lowest BCUT2D eigenvalue weighted by molar-refractivity contribution is 0.191. The minimum absolute atomic E-state index is 0.584. The number of benzene rings is 1. The third kappa shape index (κ3) is 6.79. The Kier molecular flexibility index (Phi) is 9.12. The molecule has 6 heteroatoms. The standard InChI is InChI=1S/C24H41N5O/c1-4-25-24(26-13-7-14-28-15-10-20(2)11-16-28)27-18-21-12-17-29(19-21)22-8-5-6-9-23(22)30-3/h5-6,8-9,20-21H,4,7,10-19H2,1-3H3,(H2,25,26,27). The topological polar surface area (TPSA) is 52.1 Å². The van der Waals surface area contributed by atoms with Crippen LogP contribution in [0.2, 0.25) is 0 Å². The number of nitrogens with one attached hydrogen (secondary N) is 2. The first-order valence-corrected chi connectivity index (χ1v) is 11.8. The molecule has 0 spiro atoms. The second-order valence-electron chi connectivity index (χ2n) is 8.80. The molecule has 2 fully saturated rings. The Balaban J connectivity index is 1.41. The molecule has 0 amide bonds. The van der Waals surface area contributed by atoms with E-state index in [4.69, 9.17) is 9.73 Å². The second-order valence-corrected chi connectivity index (χ2v) is 8.80. The minimum atomic E-state index is 0.584. The van der Waals surface area contributed by atoms with E-state index in [1.807, 2.05) is 12.1 Å². The molecule has 2 heterocycles. The first-order valence-electron chi connectivity index (χ1n) is 11.8. The van der Waals surface area contributed by atoms with Crippen molar-refractivity contribution >= 4 is 11.6 Å². The van der Waals surface area contributed by atoms with Crippen molar-refractivity contribution in [2.45, 2.75) is 39.5 Å². The number of nitrogens with zero attached hydrogens (tertiary/aromatic N) is 3. The molecule has 2 aliphatic heterocycles. The molecule has 30 heavy (non-hydrogen) atoms. The van der Waals surface area contributed by atoms with Gasteiger partial charge in [0.1, 0.15) is 5.75 Å². The highest BCUT2D eigenvalue weighted by atomic mass is 16.5. The fourth-order valence-corrected chi connectivity index (χ4v) is 4.45. The normalized spacial score (nSPS) is 21.1.